The van der Waals surface area contributed by atoms with Gasteiger partial charge in [0, 0.05) is 11.1 Å². The van der Waals surface area contributed by atoms with Crippen LogP contribution in [-0.2, 0) is 9.59 Å². The van der Waals surface area contributed by atoms with Crippen molar-refractivity contribution < 1.29 is 19.4 Å². The fourth-order valence-electron chi connectivity index (χ4n) is 3.04. The molecule has 0 aliphatic heterocycles. The summed E-state index contributed by atoms with van der Waals surface area (Å²) in [6, 6.07) is 3.65. The van der Waals surface area contributed by atoms with E-state index >= 15 is 0 Å². The molecule has 2 N–H and O–H groups in total. The predicted octanol–water partition coefficient (Wildman–Crippen LogP) is 3.48. The number of carbonyl (C=O) groups is 2. The van der Waals surface area contributed by atoms with Gasteiger partial charge < -0.3 is 15.2 Å². The van der Waals surface area contributed by atoms with Gasteiger partial charge in [0.05, 0.1) is 5.92 Å². The van der Waals surface area contributed by atoms with E-state index in [9.17, 15) is 9.59 Å². The van der Waals surface area contributed by atoms with Crippen molar-refractivity contribution in [3.63, 3.8) is 0 Å². The molecule has 5 nitrogen and oxygen atoms in total. The molecule has 1 atom stereocenters. The van der Waals surface area contributed by atoms with E-state index < -0.39 is 12.1 Å². The molecule has 0 bridgehead atoms. The summed E-state index contributed by atoms with van der Waals surface area (Å²) in [5, 5.41) is 12.7. The Kier molecular flexibility index (Phi) is 6.10. The second-order valence-corrected chi connectivity index (χ2v) is 6.90. The number of aliphatic carboxylic acids is 1. The molecule has 1 aromatic rings. The summed E-state index contributed by atoms with van der Waals surface area (Å²) in [5.74, 6) is -0.595. The second-order valence-electron chi connectivity index (χ2n) is 6.53. The molecule has 1 aliphatic rings. The van der Waals surface area contributed by atoms with Gasteiger partial charge in [0.15, 0.2) is 6.10 Å². The van der Waals surface area contributed by atoms with Gasteiger partial charge in [0.1, 0.15) is 5.75 Å². The molecule has 0 heterocycles. The van der Waals surface area contributed by atoms with Gasteiger partial charge in [-0.25, -0.2) is 0 Å². The first-order chi connectivity index (χ1) is 11.3. The molecule has 2 rings (SSSR count). The van der Waals surface area contributed by atoms with E-state index in [1.807, 2.05) is 26.0 Å². The highest BCUT2D eigenvalue weighted by molar-refractivity contribution is 6.32. The minimum absolute atomic E-state index is 0.0211. The summed E-state index contributed by atoms with van der Waals surface area (Å²) >= 11 is 6.13. The van der Waals surface area contributed by atoms with Crippen LogP contribution in [0.5, 0.6) is 5.75 Å². The number of carbonyl (C=O) groups excluding carboxylic acids is 1. The molecular formula is C18H24ClNO4. The van der Waals surface area contributed by atoms with Crippen LogP contribution in [0.4, 0.5) is 0 Å². The second kappa shape index (κ2) is 7.88. The number of amides is 1. The van der Waals surface area contributed by atoms with Gasteiger partial charge in [-0.2, -0.15) is 0 Å². The Morgan fingerprint density at radius 1 is 1.21 bits per heavy atom. The number of benzene rings is 1. The van der Waals surface area contributed by atoms with Crippen molar-refractivity contribution in [2.45, 2.75) is 58.6 Å². The molecule has 6 heteroatoms. The molecule has 0 aromatic heterocycles. The van der Waals surface area contributed by atoms with Crippen molar-refractivity contribution in [1.82, 2.24) is 5.32 Å². The first-order valence-corrected chi connectivity index (χ1v) is 8.62. The Morgan fingerprint density at radius 2 is 1.75 bits per heavy atom. The third kappa shape index (κ3) is 4.63. The molecule has 1 saturated carbocycles. The Labute approximate surface area is 147 Å². The van der Waals surface area contributed by atoms with Crippen molar-refractivity contribution in [3.05, 3.63) is 28.3 Å². The quantitative estimate of drug-likeness (QED) is 0.849. The Balaban J connectivity index is 1.88. The van der Waals surface area contributed by atoms with E-state index in [1.165, 1.54) is 0 Å². The molecule has 1 unspecified atom stereocenters. The average Bonchev–Trinajstić information content (AvgIpc) is 2.52. The minimum atomic E-state index is -0.745. The van der Waals surface area contributed by atoms with Crippen LogP contribution in [0.25, 0.3) is 0 Å². The summed E-state index contributed by atoms with van der Waals surface area (Å²) in [6.07, 6.45) is 1.96. The first-order valence-electron chi connectivity index (χ1n) is 8.24. The predicted molar refractivity (Wildman–Crippen MR) is 92.5 cm³/mol. The lowest BCUT2D eigenvalue weighted by atomic mass is 9.86. The summed E-state index contributed by atoms with van der Waals surface area (Å²) < 4.78 is 5.73. The molecule has 1 amide bonds. The van der Waals surface area contributed by atoms with Gasteiger partial charge >= 0.3 is 5.97 Å². The minimum Gasteiger partial charge on any atom is -0.481 e. The van der Waals surface area contributed by atoms with Crippen LogP contribution < -0.4 is 10.1 Å². The van der Waals surface area contributed by atoms with Crippen molar-refractivity contribution in [2.24, 2.45) is 5.92 Å². The molecule has 1 fully saturated rings. The fourth-order valence-corrected chi connectivity index (χ4v) is 3.14. The van der Waals surface area contributed by atoms with Gasteiger partial charge in [-0.15, -0.1) is 0 Å². The number of carboxylic acid groups (broad SMARTS) is 1. The number of hydrogen-bond donors (Lipinski definition) is 2. The zero-order chi connectivity index (χ0) is 17.9. The summed E-state index contributed by atoms with van der Waals surface area (Å²) in [7, 11) is 0. The average molecular weight is 354 g/mol. The number of carboxylic acids is 1. The maximum atomic E-state index is 12.3. The number of halogens is 1. The van der Waals surface area contributed by atoms with E-state index in [4.69, 9.17) is 21.4 Å². The Morgan fingerprint density at radius 3 is 2.25 bits per heavy atom. The molecule has 132 valence electrons. The summed E-state index contributed by atoms with van der Waals surface area (Å²) in [6.45, 7) is 5.50. The highest BCUT2D eigenvalue weighted by Crippen LogP contribution is 2.27. The molecule has 0 spiro atoms. The van der Waals surface area contributed by atoms with Gasteiger partial charge in [-0.3, -0.25) is 9.59 Å². The van der Waals surface area contributed by atoms with Gasteiger partial charge in [-0.1, -0.05) is 11.6 Å². The van der Waals surface area contributed by atoms with Crippen molar-refractivity contribution >= 4 is 23.5 Å². The van der Waals surface area contributed by atoms with E-state index in [2.05, 4.69) is 5.32 Å². The Bertz CT molecular complexity index is 600. The van der Waals surface area contributed by atoms with E-state index in [0.29, 0.717) is 36.5 Å². The smallest absolute Gasteiger partial charge is 0.306 e. The van der Waals surface area contributed by atoms with Crippen molar-refractivity contribution in [2.75, 3.05) is 0 Å². The van der Waals surface area contributed by atoms with Crippen LogP contribution in [-0.4, -0.2) is 29.1 Å². The van der Waals surface area contributed by atoms with Crippen LogP contribution in [0.3, 0.4) is 0 Å². The van der Waals surface area contributed by atoms with E-state index in [0.717, 1.165) is 11.1 Å². The fraction of sp³-hybridized carbons (Fsp3) is 0.556. The molecule has 0 radical (unpaired) electrons. The molecular weight excluding hydrogens is 330 g/mol. The molecule has 24 heavy (non-hydrogen) atoms. The maximum Gasteiger partial charge on any atom is 0.306 e. The van der Waals surface area contributed by atoms with Gasteiger partial charge in [0.2, 0.25) is 0 Å². The molecule has 1 aliphatic carbocycles. The molecule has 0 saturated heterocycles. The number of ether oxygens (including phenoxy) is 1. The van der Waals surface area contributed by atoms with Crippen LogP contribution in [0, 0.1) is 19.8 Å². The van der Waals surface area contributed by atoms with Gasteiger partial charge in [0.25, 0.3) is 5.91 Å². The lowest BCUT2D eigenvalue weighted by Gasteiger charge is -2.28. The van der Waals surface area contributed by atoms with Crippen LogP contribution in [0.1, 0.15) is 43.7 Å². The number of aryl methyl sites for hydroxylation is 2. The number of hydrogen-bond acceptors (Lipinski definition) is 3. The van der Waals surface area contributed by atoms with Crippen LogP contribution in [0.15, 0.2) is 12.1 Å². The summed E-state index contributed by atoms with van der Waals surface area (Å²) in [4.78, 5) is 23.2. The largest absolute Gasteiger partial charge is 0.481 e. The monoisotopic (exact) mass is 353 g/mol. The SMILES string of the molecule is Cc1cc(OC(C)C(=O)NC2CCC(C(=O)O)CC2)cc(C)c1Cl. The third-order valence-electron chi connectivity index (χ3n) is 4.51. The first kappa shape index (κ1) is 18.6. The number of nitrogens with one attached hydrogen (secondary N) is 1. The van der Waals surface area contributed by atoms with E-state index in [-0.39, 0.29) is 17.9 Å². The van der Waals surface area contributed by atoms with Gasteiger partial charge in [-0.05, 0) is 69.7 Å². The highest BCUT2D eigenvalue weighted by Gasteiger charge is 2.28. The lowest BCUT2D eigenvalue weighted by Crippen LogP contribution is -2.44. The standard InChI is InChI=1S/C18H24ClNO4/c1-10-8-15(9-11(2)16(10)19)24-12(3)17(21)20-14-6-4-13(5-7-14)18(22)23/h8-9,12-14H,4-7H2,1-3H3,(H,20,21)(H,22,23). The van der Waals surface area contributed by atoms with E-state index in [1.54, 1.807) is 6.92 Å². The van der Waals surface area contributed by atoms with Crippen molar-refractivity contribution in [1.29, 1.82) is 0 Å². The highest BCUT2D eigenvalue weighted by atomic mass is 35.5. The van der Waals surface area contributed by atoms with Crippen LogP contribution >= 0.6 is 11.6 Å². The lowest BCUT2D eigenvalue weighted by molar-refractivity contribution is -0.142. The zero-order valence-electron chi connectivity index (χ0n) is 14.3. The third-order valence-corrected chi connectivity index (χ3v) is 5.11. The maximum absolute atomic E-state index is 12.3. The van der Waals surface area contributed by atoms with Crippen LogP contribution in [0.2, 0.25) is 5.02 Å². The topological polar surface area (TPSA) is 75.6 Å². The normalized spacial score (nSPS) is 21.8. The zero-order valence-corrected chi connectivity index (χ0v) is 15.0. The number of rotatable bonds is 5. The molecule has 1 aromatic carbocycles. The summed E-state index contributed by atoms with van der Waals surface area (Å²) in [5.41, 5.74) is 1.82. The van der Waals surface area contributed by atoms with Crippen molar-refractivity contribution in [3.8, 4) is 5.75 Å². The Hall–Kier alpha value is -1.75.